The van der Waals surface area contributed by atoms with Crippen molar-refractivity contribution >= 4 is 9.84 Å². The SMILES string of the molecule is CS(=O)(=O)C1CCCC(N(CCO)C2CC2)C1. The van der Waals surface area contributed by atoms with Gasteiger partial charge in [0, 0.05) is 24.9 Å². The first-order valence-corrected chi connectivity index (χ1v) is 8.53. The van der Waals surface area contributed by atoms with Crippen molar-refractivity contribution in [1.29, 1.82) is 0 Å². The molecular formula is C12H23NO3S. The summed E-state index contributed by atoms with van der Waals surface area (Å²) in [7, 11) is -2.90. The van der Waals surface area contributed by atoms with Crippen molar-refractivity contribution in [2.24, 2.45) is 0 Å². The molecule has 2 fully saturated rings. The molecule has 100 valence electrons. The van der Waals surface area contributed by atoms with Gasteiger partial charge in [-0.2, -0.15) is 0 Å². The third-order valence-corrected chi connectivity index (χ3v) is 5.69. The zero-order valence-corrected chi connectivity index (χ0v) is 11.3. The molecule has 0 heterocycles. The van der Waals surface area contributed by atoms with Gasteiger partial charge in [0.25, 0.3) is 0 Å². The molecule has 0 bridgehead atoms. The minimum atomic E-state index is -2.90. The number of aliphatic hydroxyl groups is 1. The van der Waals surface area contributed by atoms with E-state index in [1.165, 1.54) is 19.1 Å². The molecule has 0 saturated heterocycles. The maximum absolute atomic E-state index is 11.6. The number of nitrogens with zero attached hydrogens (tertiary/aromatic N) is 1. The van der Waals surface area contributed by atoms with Gasteiger partial charge in [-0.25, -0.2) is 8.42 Å². The van der Waals surface area contributed by atoms with Crippen LogP contribution in [0, 0.1) is 0 Å². The fraction of sp³-hybridized carbons (Fsp3) is 1.00. The number of rotatable bonds is 5. The molecule has 5 heteroatoms. The lowest BCUT2D eigenvalue weighted by Gasteiger charge is -2.36. The van der Waals surface area contributed by atoms with E-state index in [1.54, 1.807) is 0 Å². The Hall–Kier alpha value is -0.130. The van der Waals surface area contributed by atoms with Crippen molar-refractivity contribution in [3.05, 3.63) is 0 Å². The van der Waals surface area contributed by atoms with Gasteiger partial charge in [0.2, 0.25) is 0 Å². The minimum Gasteiger partial charge on any atom is -0.395 e. The fourth-order valence-electron chi connectivity index (χ4n) is 3.00. The highest BCUT2D eigenvalue weighted by molar-refractivity contribution is 7.91. The second-order valence-electron chi connectivity index (χ2n) is 5.46. The van der Waals surface area contributed by atoms with E-state index in [1.807, 2.05) is 0 Å². The van der Waals surface area contributed by atoms with Crippen LogP contribution in [-0.4, -0.2) is 55.2 Å². The van der Waals surface area contributed by atoms with Gasteiger partial charge in [-0.15, -0.1) is 0 Å². The van der Waals surface area contributed by atoms with E-state index in [0.717, 1.165) is 25.7 Å². The first-order chi connectivity index (χ1) is 8.02. The molecule has 2 aliphatic rings. The first-order valence-electron chi connectivity index (χ1n) is 6.58. The molecule has 0 aliphatic heterocycles. The lowest BCUT2D eigenvalue weighted by molar-refractivity contribution is 0.117. The largest absolute Gasteiger partial charge is 0.395 e. The highest BCUT2D eigenvalue weighted by Gasteiger charge is 2.37. The summed E-state index contributed by atoms with van der Waals surface area (Å²) in [6.45, 7) is 0.877. The molecule has 2 unspecified atom stereocenters. The lowest BCUT2D eigenvalue weighted by atomic mass is 9.93. The predicted octanol–water partition coefficient (Wildman–Crippen LogP) is 0.799. The standard InChI is InChI=1S/C12H23NO3S/c1-17(15,16)12-4-2-3-11(9-12)13(7-8-14)10-5-6-10/h10-12,14H,2-9H2,1H3. The Morgan fingerprint density at radius 2 is 1.88 bits per heavy atom. The molecule has 17 heavy (non-hydrogen) atoms. The number of hydrogen-bond acceptors (Lipinski definition) is 4. The van der Waals surface area contributed by atoms with E-state index in [4.69, 9.17) is 5.11 Å². The normalized spacial score (nSPS) is 30.8. The summed E-state index contributed by atoms with van der Waals surface area (Å²) in [6, 6.07) is 0.966. The Morgan fingerprint density at radius 3 is 2.41 bits per heavy atom. The predicted molar refractivity (Wildman–Crippen MR) is 67.7 cm³/mol. The number of sulfone groups is 1. The summed E-state index contributed by atoms with van der Waals surface area (Å²) >= 11 is 0. The van der Waals surface area contributed by atoms with Crippen LogP contribution in [0.5, 0.6) is 0 Å². The topological polar surface area (TPSA) is 57.6 Å². The quantitative estimate of drug-likeness (QED) is 0.795. The third-order valence-electron chi connectivity index (χ3n) is 4.05. The monoisotopic (exact) mass is 261 g/mol. The van der Waals surface area contributed by atoms with Crippen LogP contribution in [0.15, 0.2) is 0 Å². The average Bonchev–Trinajstić information content (AvgIpc) is 3.09. The molecule has 0 spiro atoms. The molecule has 2 rings (SSSR count). The first kappa shape index (κ1) is 13.3. The Bertz CT molecular complexity index is 351. The van der Waals surface area contributed by atoms with Crippen molar-refractivity contribution < 1.29 is 13.5 Å². The summed E-state index contributed by atoms with van der Waals surface area (Å²) in [6.07, 6.45) is 7.43. The maximum Gasteiger partial charge on any atom is 0.150 e. The highest BCUT2D eigenvalue weighted by atomic mass is 32.2. The van der Waals surface area contributed by atoms with Crippen LogP contribution in [0.3, 0.4) is 0 Å². The molecule has 0 aromatic carbocycles. The van der Waals surface area contributed by atoms with Gasteiger partial charge < -0.3 is 5.11 Å². The summed E-state index contributed by atoms with van der Waals surface area (Å²) in [5.41, 5.74) is 0. The van der Waals surface area contributed by atoms with Gasteiger partial charge in [-0.05, 0) is 32.1 Å². The second kappa shape index (κ2) is 5.24. The van der Waals surface area contributed by atoms with E-state index < -0.39 is 9.84 Å². The molecule has 0 radical (unpaired) electrons. The Balaban J connectivity index is 1.99. The van der Waals surface area contributed by atoms with Crippen LogP contribution in [0.1, 0.15) is 38.5 Å². The summed E-state index contributed by atoms with van der Waals surface area (Å²) in [4.78, 5) is 2.34. The molecule has 2 aliphatic carbocycles. The van der Waals surface area contributed by atoms with Gasteiger partial charge in [0.15, 0.2) is 0 Å². The van der Waals surface area contributed by atoms with Crippen molar-refractivity contribution in [3.63, 3.8) is 0 Å². The Morgan fingerprint density at radius 1 is 1.18 bits per heavy atom. The molecule has 2 saturated carbocycles. The van der Waals surface area contributed by atoms with Crippen molar-refractivity contribution in [2.75, 3.05) is 19.4 Å². The molecule has 0 amide bonds. The Kier molecular flexibility index (Phi) is 4.10. The second-order valence-corrected chi connectivity index (χ2v) is 7.79. The molecule has 1 N–H and O–H groups in total. The highest BCUT2D eigenvalue weighted by Crippen LogP contribution is 2.34. The van der Waals surface area contributed by atoms with E-state index in [0.29, 0.717) is 18.6 Å². The van der Waals surface area contributed by atoms with Crippen LogP contribution >= 0.6 is 0 Å². The van der Waals surface area contributed by atoms with Gasteiger partial charge in [0.05, 0.1) is 11.9 Å². The van der Waals surface area contributed by atoms with Crippen LogP contribution in [0.2, 0.25) is 0 Å². The van der Waals surface area contributed by atoms with E-state index in [2.05, 4.69) is 4.90 Å². The van der Waals surface area contributed by atoms with Gasteiger partial charge in [0.1, 0.15) is 9.84 Å². The Labute approximate surface area is 104 Å². The molecule has 2 atom stereocenters. The van der Waals surface area contributed by atoms with Crippen molar-refractivity contribution in [2.45, 2.75) is 55.9 Å². The zero-order chi connectivity index (χ0) is 12.5. The van der Waals surface area contributed by atoms with E-state index in [-0.39, 0.29) is 11.9 Å². The zero-order valence-electron chi connectivity index (χ0n) is 10.5. The van der Waals surface area contributed by atoms with E-state index in [9.17, 15) is 8.42 Å². The van der Waals surface area contributed by atoms with Crippen molar-refractivity contribution in [3.8, 4) is 0 Å². The van der Waals surface area contributed by atoms with Crippen LogP contribution in [0.25, 0.3) is 0 Å². The van der Waals surface area contributed by atoms with Crippen molar-refractivity contribution in [1.82, 2.24) is 4.90 Å². The van der Waals surface area contributed by atoms with Crippen LogP contribution in [-0.2, 0) is 9.84 Å². The van der Waals surface area contributed by atoms with Gasteiger partial charge in [-0.3, -0.25) is 4.90 Å². The van der Waals surface area contributed by atoms with Crippen LogP contribution in [0.4, 0.5) is 0 Å². The maximum atomic E-state index is 11.6. The fourth-order valence-corrected chi connectivity index (χ4v) is 4.16. The third kappa shape index (κ3) is 3.42. The summed E-state index contributed by atoms with van der Waals surface area (Å²) in [5.74, 6) is 0. The van der Waals surface area contributed by atoms with Gasteiger partial charge in [-0.1, -0.05) is 6.42 Å². The summed E-state index contributed by atoms with van der Waals surface area (Å²) in [5, 5.41) is 8.94. The molecule has 0 aromatic rings. The average molecular weight is 261 g/mol. The van der Waals surface area contributed by atoms with Gasteiger partial charge >= 0.3 is 0 Å². The smallest absolute Gasteiger partial charge is 0.150 e. The van der Waals surface area contributed by atoms with E-state index >= 15 is 0 Å². The molecule has 4 nitrogen and oxygen atoms in total. The lowest BCUT2D eigenvalue weighted by Crippen LogP contribution is -2.44. The number of aliphatic hydroxyl groups excluding tert-OH is 1. The van der Waals surface area contributed by atoms with Crippen LogP contribution < -0.4 is 0 Å². The minimum absolute atomic E-state index is 0.166. The molecular weight excluding hydrogens is 238 g/mol. The summed E-state index contributed by atoms with van der Waals surface area (Å²) < 4.78 is 23.3. The number of hydrogen-bond donors (Lipinski definition) is 1. The molecule has 0 aromatic heterocycles.